The van der Waals surface area contributed by atoms with Gasteiger partial charge in [-0.25, -0.2) is 0 Å². The van der Waals surface area contributed by atoms with Gasteiger partial charge in [-0.05, 0) is 74.8 Å². The number of benzene rings is 1. The van der Waals surface area contributed by atoms with Crippen molar-refractivity contribution in [2.24, 2.45) is 18.9 Å². The molecule has 4 heterocycles. The van der Waals surface area contributed by atoms with Crippen molar-refractivity contribution >= 4 is 11.9 Å². The van der Waals surface area contributed by atoms with E-state index in [4.69, 9.17) is 9.26 Å². The second kappa shape index (κ2) is 10.7. The Bertz CT molecular complexity index is 1610. The molecule has 10 heteroatoms. The second-order valence-corrected chi connectivity index (χ2v) is 12.2. The summed E-state index contributed by atoms with van der Waals surface area (Å²) in [7, 11) is 1.98. The maximum absolute atomic E-state index is 13.2. The molecule has 0 spiro atoms. The van der Waals surface area contributed by atoms with Gasteiger partial charge in [0.15, 0.2) is 5.78 Å². The van der Waals surface area contributed by atoms with E-state index in [1.54, 1.807) is 19.1 Å². The Labute approximate surface area is 247 Å². The highest BCUT2D eigenvalue weighted by Crippen LogP contribution is 2.48. The van der Waals surface area contributed by atoms with Crippen molar-refractivity contribution in [2.75, 3.05) is 13.1 Å². The number of alkyl halides is 3. The lowest BCUT2D eigenvalue weighted by molar-refractivity contribution is -0.274. The number of rotatable bonds is 8. The number of Topliss-reactive ketones (excluding diaryl/α,β-unsaturated/α-hetero) is 1. The zero-order valence-corrected chi connectivity index (χ0v) is 24.2. The molecule has 4 fully saturated rings. The van der Waals surface area contributed by atoms with Gasteiger partial charge < -0.3 is 23.5 Å². The van der Waals surface area contributed by atoms with Gasteiger partial charge in [-0.1, -0.05) is 23.4 Å². The predicted molar refractivity (Wildman–Crippen MR) is 153 cm³/mol. The Kier molecular flexibility index (Phi) is 6.99. The first-order valence-corrected chi connectivity index (χ1v) is 14.9. The maximum atomic E-state index is 13.2. The number of hydrogen-bond acceptors (Lipinski definition) is 6. The number of para-hydroxylation sites is 1. The molecule has 226 valence electrons. The van der Waals surface area contributed by atoms with Gasteiger partial charge >= 0.3 is 6.36 Å². The fraction of sp³-hybridized carbons (Fsp3) is 0.455. The van der Waals surface area contributed by atoms with Crippen LogP contribution in [0, 0.1) is 11.8 Å². The van der Waals surface area contributed by atoms with E-state index in [1.165, 1.54) is 12.1 Å². The minimum Gasteiger partial charge on any atom is -0.405 e. The summed E-state index contributed by atoms with van der Waals surface area (Å²) in [6, 6.07) is 6.04. The van der Waals surface area contributed by atoms with Gasteiger partial charge in [0.25, 0.3) is 0 Å². The van der Waals surface area contributed by atoms with Crippen LogP contribution in [0.4, 0.5) is 13.2 Å². The number of carbonyl (C=O) groups is 1. The summed E-state index contributed by atoms with van der Waals surface area (Å²) in [5.41, 5.74) is 5.36. The Morgan fingerprint density at radius 3 is 2.74 bits per heavy atom. The van der Waals surface area contributed by atoms with Crippen molar-refractivity contribution in [1.82, 2.24) is 14.6 Å². The SMILES string of the molecule is CC(=O)c1cn(C)c2c1CC=CC(N1CCC3CC(C1)C3OCc1c(-c3ccccc3OC(F)(F)F)noc1C1CC1)=C2. The van der Waals surface area contributed by atoms with E-state index in [9.17, 15) is 18.0 Å². The molecule has 7 nitrogen and oxygen atoms in total. The maximum Gasteiger partial charge on any atom is 0.573 e. The molecule has 2 saturated heterocycles. The highest BCUT2D eigenvalue weighted by Gasteiger charge is 2.46. The molecule has 2 aliphatic heterocycles. The minimum atomic E-state index is -4.82. The largest absolute Gasteiger partial charge is 0.573 e. The molecule has 3 atom stereocenters. The number of ether oxygens (including phenoxy) is 2. The van der Waals surface area contributed by atoms with Crippen molar-refractivity contribution in [1.29, 1.82) is 0 Å². The summed E-state index contributed by atoms with van der Waals surface area (Å²) < 4.78 is 58.1. The third-order valence-electron chi connectivity index (χ3n) is 9.29. The number of fused-ring (bicyclic) bond motifs is 4. The standard InChI is InChI=1S/C33H34F3N3O4/c1-19(40)26-17-38(2)28-15-23(6-5-8-24(26)28)39-13-12-21-14-22(16-39)31(21)41-18-27-30(37-43-32(27)20-10-11-20)25-7-3-4-9-29(25)42-33(34,35)36/h3-7,9,15,17,20-22,31H,8,10-14,16,18H2,1-2H3. The van der Waals surface area contributed by atoms with Crippen LogP contribution in [0.15, 0.2) is 52.8 Å². The molecule has 0 N–H and O–H groups in total. The summed E-state index contributed by atoms with van der Waals surface area (Å²) in [4.78, 5) is 14.6. The van der Waals surface area contributed by atoms with Gasteiger partial charge in [-0.3, -0.25) is 4.79 Å². The molecular formula is C33H34F3N3O4. The summed E-state index contributed by atoms with van der Waals surface area (Å²) in [6.07, 6.45) is 8.36. The molecule has 2 saturated carbocycles. The molecule has 2 bridgehead atoms. The van der Waals surface area contributed by atoms with E-state index in [2.05, 4.69) is 33.0 Å². The Morgan fingerprint density at radius 1 is 1.16 bits per heavy atom. The van der Waals surface area contributed by atoms with Gasteiger partial charge in [-0.2, -0.15) is 0 Å². The number of allylic oxidation sites excluding steroid dienone is 2. The van der Waals surface area contributed by atoms with Gasteiger partial charge in [0.1, 0.15) is 17.2 Å². The zero-order chi connectivity index (χ0) is 29.9. The first-order valence-electron chi connectivity index (χ1n) is 14.9. The summed E-state index contributed by atoms with van der Waals surface area (Å²) >= 11 is 0. The number of hydrogen-bond donors (Lipinski definition) is 0. The highest BCUT2D eigenvalue weighted by molar-refractivity contribution is 5.96. The fourth-order valence-corrected chi connectivity index (χ4v) is 6.99. The van der Waals surface area contributed by atoms with E-state index < -0.39 is 6.36 Å². The lowest BCUT2D eigenvalue weighted by atomic mass is 9.71. The van der Waals surface area contributed by atoms with E-state index in [0.717, 1.165) is 67.7 Å². The summed E-state index contributed by atoms with van der Waals surface area (Å²) in [6.45, 7) is 3.60. The second-order valence-electron chi connectivity index (χ2n) is 12.2. The van der Waals surface area contributed by atoms with Crippen LogP contribution >= 0.6 is 0 Å². The molecular weight excluding hydrogens is 559 g/mol. The predicted octanol–water partition coefficient (Wildman–Crippen LogP) is 7.04. The third kappa shape index (κ3) is 5.41. The van der Waals surface area contributed by atoms with Crippen LogP contribution in [0.2, 0.25) is 0 Å². The van der Waals surface area contributed by atoms with E-state index in [1.807, 2.05) is 17.8 Å². The summed E-state index contributed by atoms with van der Waals surface area (Å²) in [5, 5.41) is 4.22. The van der Waals surface area contributed by atoms with Crippen molar-refractivity contribution in [3.63, 3.8) is 0 Å². The Hall–Kier alpha value is -3.79. The van der Waals surface area contributed by atoms with Gasteiger partial charge in [0, 0.05) is 66.3 Å². The lowest BCUT2D eigenvalue weighted by Crippen LogP contribution is -2.45. The molecule has 5 aliphatic rings. The first-order chi connectivity index (χ1) is 20.7. The van der Waals surface area contributed by atoms with Crippen molar-refractivity contribution in [3.05, 3.63) is 76.5 Å². The van der Waals surface area contributed by atoms with Crippen LogP contribution in [-0.2, 0) is 24.8 Å². The number of nitrogens with zero attached hydrogens (tertiary/aromatic N) is 3. The van der Waals surface area contributed by atoms with Crippen molar-refractivity contribution in [3.8, 4) is 17.0 Å². The number of aromatic nitrogens is 2. The molecule has 3 unspecified atom stereocenters. The molecule has 1 aromatic carbocycles. The van der Waals surface area contributed by atoms with Gasteiger partial charge in [0.2, 0.25) is 0 Å². The zero-order valence-electron chi connectivity index (χ0n) is 24.2. The number of halogens is 3. The lowest BCUT2D eigenvalue weighted by Gasteiger charge is -2.42. The quantitative estimate of drug-likeness (QED) is 0.261. The fourth-order valence-electron chi connectivity index (χ4n) is 6.99. The van der Waals surface area contributed by atoms with Gasteiger partial charge in [-0.15, -0.1) is 13.2 Å². The average Bonchev–Trinajstić information content (AvgIpc) is 3.74. The monoisotopic (exact) mass is 593 g/mol. The molecule has 43 heavy (non-hydrogen) atoms. The van der Waals surface area contributed by atoms with Crippen molar-refractivity contribution < 1.29 is 32.0 Å². The first kappa shape index (κ1) is 28.0. The molecule has 8 rings (SSSR count). The van der Waals surface area contributed by atoms with E-state index >= 15 is 0 Å². The smallest absolute Gasteiger partial charge is 0.405 e. The minimum absolute atomic E-state index is 0.0479. The molecule has 3 aliphatic carbocycles. The number of ketones is 1. The van der Waals surface area contributed by atoms with E-state index in [-0.39, 0.29) is 35.7 Å². The topological polar surface area (TPSA) is 69.7 Å². The van der Waals surface area contributed by atoms with Crippen LogP contribution in [0.3, 0.4) is 0 Å². The summed E-state index contributed by atoms with van der Waals surface area (Å²) in [5.74, 6) is 1.44. The van der Waals surface area contributed by atoms with E-state index in [0.29, 0.717) is 28.9 Å². The van der Waals surface area contributed by atoms with Crippen LogP contribution in [0.5, 0.6) is 5.75 Å². The van der Waals surface area contributed by atoms with Crippen LogP contribution in [0.1, 0.15) is 71.5 Å². The van der Waals surface area contributed by atoms with Gasteiger partial charge in [0.05, 0.1) is 12.7 Å². The molecule has 2 aromatic heterocycles. The van der Waals surface area contributed by atoms with Crippen LogP contribution in [0.25, 0.3) is 17.3 Å². The Morgan fingerprint density at radius 2 is 1.98 bits per heavy atom. The number of aryl methyl sites for hydroxylation is 1. The molecule has 3 aromatic rings. The molecule has 0 amide bonds. The third-order valence-corrected chi connectivity index (χ3v) is 9.29. The highest BCUT2D eigenvalue weighted by atomic mass is 19.4. The van der Waals surface area contributed by atoms with Crippen LogP contribution in [-0.4, -0.2) is 46.0 Å². The number of carbonyl (C=O) groups excluding carboxylic acids is 1. The Balaban J connectivity index is 1.10. The van der Waals surface area contributed by atoms with Crippen molar-refractivity contribution in [2.45, 2.75) is 64.0 Å². The van der Waals surface area contributed by atoms with Crippen LogP contribution < -0.4 is 4.74 Å². The molecule has 0 radical (unpaired) electrons. The average molecular weight is 594 g/mol. The normalized spacial score (nSPS) is 23.2.